The van der Waals surface area contributed by atoms with Gasteiger partial charge in [-0.25, -0.2) is 0 Å². The van der Waals surface area contributed by atoms with E-state index in [-0.39, 0.29) is 0 Å². The lowest BCUT2D eigenvalue weighted by Gasteiger charge is -2.22. The number of hydrogen-bond acceptors (Lipinski definition) is 1. The maximum absolute atomic E-state index is 12.2. The fourth-order valence-corrected chi connectivity index (χ4v) is 4.17. The number of carbonyl (C=O) groups excluding carboxylic acids is 1. The molecule has 2 aliphatic carbocycles. The van der Waals surface area contributed by atoms with Crippen molar-refractivity contribution in [2.24, 2.45) is 0 Å². The predicted octanol–water partition coefficient (Wildman–Crippen LogP) is 5.12. The molecule has 1 fully saturated rings. The highest BCUT2D eigenvalue weighted by Gasteiger charge is 2.22. The highest BCUT2D eigenvalue weighted by atomic mass is 16.1. The summed E-state index contributed by atoms with van der Waals surface area (Å²) in [5.41, 5.74) is 4.81. The molecule has 2 aliphatic rings. The Kier molecular flexibility index (Phi) is 3.33. The van der Waals surface area contributed by atoms with Crippen LogP contribution in [0.1, 0.15) is 78.9 Å². The summed E-state index contributed by atoms with van der Waals surface area (Å²) in [6, 6.07) is 6.85. The van der Waals surface area contributed by atoms with Crippen LogP contribution in [-0.4, -0.2) is 10.8 Å². The normalized spacial score (nSPS) is 20.5. The highest BCUT2D eigenvalue weighted by molar-refractivity contribution is 6.02. The first-order valence-corrected chi connectivity index (χ1v) is 8.50. The Morgan fingerprint density at radius 3 is 2.62 bits per heavy atom. The van der Waals surface area contributed by atoms with Crippen LogP contribution in [0.3, 0.4) is 0 Å². The molecule has 1 saturated carbocycles. The minimum Gasteiger partial charge on any atom is -0.352 e. The topological polar surface area (TPSA) is 32.9 Å². The summed E-state index contributed by atoms with van der Waals surface area (Å²) >= 11 is 0. The third-order valence-corrected chi connectivity index (χ3v) is 5.37. The molecule has 0 spiro atoms. The van der Waals surface area contributed by atoms with Crippen molar-refractivity contribution in [1.82, 2.24) is 4.98 Å². The van der Waals surface area contributed by atoms with Crippen LogP contribution in [0.15, 0.2) is 18.2 Å². The largest absolute Gasteiger partial charge is 0.352 e. The van der Waals surface area contributed by atoms with E-state index in [1.165, 1.54) is 48.6 Å². The van der Waals surface area contributed by atoms with E-state index in [4.69, 9.17) is 0 Å². The van der Waals surface area contributed by atoms with Gasteiger partial charge >= 0.3 is 0 Å². The van der Waals surface area contributed by atoms with E-state index >= 15 is 0 Å². The van der Waals surface area contributed by atoms with Crippen molar-refractivity contribution < 1.29 is 4.79 Å². The van der Waals surface area contributed by atoms with Crippen molar-refractivity contribution in [1.29, 1.82) is 0 Å². The second-order valence-electron chi connectivity index (χ2n) is 6.75. The van der Waals surface area contributed by atoms with Gasteiger partial charge in [0.05, 0.1) is 5.69 Å². The summed E-state index contributed by atoms with van der Waals surface area (Å²) in [6.45, 7) is 0. The number of ketones is 1. The van der Waals surface area contributed by atoms with Gasteiger partial charge in [-0.05, 0) is 61.3 Å². The summed E-state index contributed by atoms with van der Waals surface area (Å²) in [5, 5.41) is 1.31. The van der Waals surface area contributed by atoms with Crippen LogP contribution in [0.2, 0.25) is 0 Å². The number of fused-ring (bicyclic) bond motifs is 3. The molecule has 0 aliphatic heterocycles. The van der Waals surface area contributed by atoms with Gasteiger partial charge in [0.15, 0.2) is 5.78 Å². The molecule has 0 atom stereocenters. The van der Waals surface area contributed by atoms with Crippen molar-refractivity contribution in [2.45, 2.75) is 63.7 Å². The van der Waals surface area contributed by atoms with Crippen LogP contribution in [0, 0.1) is 0 Å². The first-order chi connectivity index (χ1) is 10.3. The van der Waals surface area contributed by atoms with Crippen molar-refractivity contribution in [3.8, 4) is 0 Å². The van der Waals surface area contributed by atoms with E-state index in [0.717, 1.165) is 36.4 Å². The first-order valence-electron chi connectivity index (χ1n) is 8.50. The van der Waals surface area contributed by atoms with Gasteiger partial charge in [-0.2, -0.15) is 0 Å². The summed E-state index contributed by atoms with van der Waals surface area (Å²) in [6.07, 6.45) is 10.7. The average Bonchev–Trinajstić information content (AvgIpc) is 2.80. The van der Waals surface area contributed by atoms with Gasteiger partial charge in [0.2, 0.25) is 0 Å². The zero-order chi connectivity index (χ0) is 14.2. The number of nitrogens with one attached hydrogen (secondary N) is 1. The maximum atomic E-state index is 12.2. The summed E-state index contributed by atoms with van der Waals surface area (Å²) < 4.78 is 0. The van der Waals surface area contributed by atoms with Gasteiger partial charge < -0.3 is 4.98 Å². The summed E-state index contributed by atoms with van der Waals surface area (Å²) in [4.78, 5) is 15.6. The van der Waals surface area contributed by atoms with Crippen molar-refractivity contribution in [3.63, 3.8) is 0 Å². The number of rotatable bonds is 1. The van der Waals surface area contributed by atoms with Crippen LogP contribution in [-0.2, 0) is 6.42 Å². The van der Waals surface area contributed by atoms with Gasteiger partial charge in [0, 0.05) is 17.3 Å². The highest BCUT2D eigenvalue weighted by Crippen LogP contribution is 2.36. The van der Waals surface area contributed by atoms with Gasteiger partial charge in [0.1, 0.15) is 0 Å². The molecule has 110 valence electrons. The summed E-state index contributed by atoms with van der Waals surface area (Å²) in [5.74, 6) is 1.04. The lowest BCUT2D eigenvalue weighted by atomic mass is 9.83. The number of benzene rings is 1. The van der Waals surface area contributed by atoms with E-state index in [2.05, 4.69) is 23.2 Å². The Bertz CT molecular complexity index is 676. The van der Waals surface area contributed by atoms with Gasteiger partial charge in [-0.15, -0.1) is 0 Å². The van der Waals surface area contributed by atoms with Gasteiger partial charge in [-0.3, -0.25) is 4.79 Å². The Morgan fingerprint density at radius 2 is 1.76 bits per heavy atom. The molecule has 21 heavy (non-hydrogen) atoms. The quantitative estimate of drug-likeness (QED) is 0.723. The van der Waals surface area contributed by atoms with E-state index in [0.29, 0.717) is 12.2 Å². The lowest BCUT2D eigenvalue weighted by molar-refractivity contribution is 0.0978. The molecule has 2 heteroatoms. The molecular weight excluding hydrogens is 258 g/mol. The molecule has 1 heterocycles. The van der Waals surface area contributed by atoms with Crippen molar-refractivity contribution in [2.75, 3.05) is 0 Å². The average molecular weight is 281 g/mol. The third-order valence-electron chi connectivity index (χ3n) is 5.37. The fraction of sp³-hybridized carbons (Fsp3) is 0.526. The standard InChI is InChI=1S/C19H23NO/c21-18-9-5-4-8-15-16-12-14(13-6-2-1-3-7-13)10-11-17(16)20-19(15)18/h10-13,20H,1-9H2. The monoisotopic (exact) mass is 281 g/mol. The Hall–Kier alpha value is -1.57. The number of carbonyl (C=O) groups is 1. The number of hydrogen-bond donors (Lipinski definition) is 1. The molecule has 2 aromatic rings. The Morgan fingerprint density at radius 1 is 0.952 bits per heavy atom. The molecule has 4 rings (SSSR count). The number of aryl methyl sites for hydroxylation is 1. The molecule has 0 unspecified atom stereocenters. The van der Waals surface area contributed by atoms with Gasteiger partial charge in [0.25, 0.3) is 0 Å². The van der Waals surface area contributed by atoms with E-state index in [9.17, 15) is 4.79 Å². The van der Waals surface area contributed by atoms with Crippen LogP contribution >= 0.6 is 0 Å². The summed E-state index contributed by atoms with van der Waals surface area (Å²) in [7, 11) is 0. The second kappa shape index (κ2) is 5.32. The van der Waals surface area contributed by atoms with Crippen LogP contribution < -0.4 is 0 Å². The molecule has 1 aromatic heterocycles. The zero-order valence-corrected chi connectivity index (χ0v) is 12.6. The van der Waals surface area contributed by atoms with Crippen LogP contribution in [0.25, 0.3) is 10.9 Å². The van der Waals surface area contributed by atoms with Crippen molar-refractivity contribution in [3.05, 3.63) is 35.0 Å². The number of aromatic amines is 1. The molecule has 0 bridgehead atoms. The van der Waals surface area contributed by atoms with Crippen molar-refractivity contribution >= 4 is 16.7 Å². The molecule has 0 saturated heterocycles. The second-order valence-corrected chi connectivity index (χ2v) is 6.75. The SMILES string of the molecule is O=C1CCCCc2c1[nH]c1ccc(C3CCCCC3)cc21. The van der Waals surface area contributed by atoms with E-state index < -0.39 is 0 Å². The van der Waals surface area contributed by atoms with Crippen LogP contribution in [0.4, 0.5) is 0 Å². The third kappa shape index (κ3) is 2.31. The smallest absolute Gasteiger partial charge is 0.179 e. The van der Waals surface area contributed by atoms with Crippen LogP contribution in [0.5, 0.6) is 0 Å². The molecule has 0 radical (unpaired) electrons. The molecule has 1 N–H and O–H groups in total. The Balaban J connectivity index is 1.79. The molecular formula is C19H23NO. The maximum Gasteiger partial charge on any atom is 0.179 e. The Labute approximate surface area is 125 Å². The number of Topliss-reactive ketones (excluding diaryl/α,β-unsaturated/α-hetero) is 1. The minimum absolute atomic E-state index is 0.304. The zero-order valence-electron chi connectivity index (χ0n) is 12.6. The minimum atomic E-state index is 0.304. The predicted molar refractivity (Wildman–Crippen MR) is 86.0 cm³/mol. The van der Waals surface area contributed by atoms with E-state index in [1.54, 1.807) is 0 Å². The lowest BCUT2D eigenvalue weighted by Crippen LogP contribution is -2.04. The van der Waals surface area contributed by atoms with E-state index in [1.807, 2.05) is 0 Å². The molecule has 2 nitrogen and oxygen atoms in total. The molecule has 1 aromatic carbocycles. The first kappa shape index (κ1) is 13.1. The fourth-order valence-electron chi connectivity index (χ4n) is 4.17. The van der Waals surface area contributed by atoms with Gasteiger partial charge in [-0.1, -0.05) is 25.3 Å². The molecule has 0 amide bonds. The number of H-pyrrole nitrogens is 1. The number of aromatic nitrogens is 1.